The van der Waals surface area contributed by atoms with Crippen LogP contribution in [0.3, 0.4) is 0 Å². The molecule has 0 bridgehead atoms. The number of ether oxygens (including phenoxy) is 1. The first kappa shape index (κ1) is 18.4. The van der Waals surface area contributed by atoms with Crippen molar-refractivity contribution in [3.63, 3.8) is 0 Å². The lowest BCUT2D eigenvalue weighted by Gasteiger charge is -2.16. The molecular formula is C20H30N6O. The van der Waals surface area contributed by atoms with E-state index in [1.54, 1.807) is 0 Å². The molecular weight excluding hydrogens is 340 g/mol. The highest BCUT2D eigenvalue weighted by Crippen LogP contribution is 2.22. The predicted molar refractivity (Wildman–Crippen MR) is 105 cm³/mol. The predicted octanol–water partition coefficient (Wildman–Crippen LogP) is 2.69. The monoisotopic (exact) mass is 370 g/mol. The molecule has 1 aliphatic carbocycles. The molecule has 2 N–H and O–H groups in total. The molecule has 0 aromatic carbocycles. The molecule has 0 saturated carbocycles. The zero-order chi connectivity index (χ0) is 18.5. The van der Waals surface area contributed by atoms with Gasteiger partial charge in [-0.2, -0.15) is 5.10 Å². The fraction of sp³-hybridized carbons (Fsp3) is 0.650. The average Bonchev–Trinajstić information content (AvgIpc) is 3.26. The summed E-state index contributed by atoms with van der Waals surface area (Å²) in [6.45, 7) is 3.32. The summed E-state index contributed by atoms with van der Waals surface area (Å²) in [5, 5.41) is 11.1. The van der Waals surface area contributed by atoms with Gasteiger partial charge in [-0.05, 0) is 51.1 Å². The summed E-state index contributed by atoms with van der Waals surface area (Å²) < 4.78 is 5.62. The van der Waals surface area contributed by atoms with Gasteiger partial charge in [0.2, 0.25) is 5.95 Å². The second kappa shape index (κ2) is 8.80. The first-order valence-electron chi connectivity index (χ1n) is 10.2. The second-order valence-corrected chi connectivity index (χ2v) is 7.79. The zero-order valence-corrected chi connectivity index (χ0v) is 16.2. The Morgan fingerprint density at radius 3 is 2.81 bits per heavy atom. The van der Waals surface area contributed by atoms with E-state index in [0.717, 1.165) is 57.5 Å². The van der Waals surface area contributed by atoms with Gasteiger partial charge in [-0.3, -0.25) is 10.00 Å². The lowest BCUT2D eigenvalue weighted by atomic mass is 10.1. The van der Waals surface area contributed by atoms with Gasteiger partial charge in [0.15, 0.2) is 0 Å². The summed E-state index contributed by atoms with van der Waals surface area (Å²) in [7, 11) is 2.13. The van der Waals surface area contributed by atoms with Crippen LogP contribution in [0.25, 0.3) is 0 Å². The first-order valence-corrected chi connectivity index (χ1v) is 10.2. The average molecular weight is 371 g/mol. The summed E-state index contributed by atoms with van der Waals surface area (Å²) in [4.78, 5) is 11.2. The van der Waals surface area contributed by atoms with Crippen LogP contribution < -0.4 is 5.32 Å². The van der Waals surface area contributed by atoms with Crippen LogP contribution in [0.2, 0.25) is 0 Å². The summed E-state index contributed by atoms with van der Waals surface area (Å²) in [5.41, 5.74) is 5.11. The van der Waals surface area contributed by atoms with E-state index < -0.39 is 0 Å². The standard InChI is InChI=1S/C20H30N6O/c1-26(14-19-17-7-3-2-4-8-18(17)24-25-19)13-15-10-21-20(22-11-15)23-12-16-6-5-9-27-16/h10-11,16H,2-9,12-14H2,1H3,(H,24,25)(H,21,22,23). The van der Waals surface area contributed by atoms with E-state index in [0.29, 0.717) is 12.1 Å². The topological polar surface area (TPSA) is 79.0 Å². The Morgan fingerprint density at radius 1 is 1.15 bits per heavy atom. The van der Waals surface area contributed by atoms with E-state index in [9.17, 15) is 0 Å². The number of aryl methyl sites for hydroxylation is 1. The Bertz CT molecular complexity index is 723. The molecule has 7 nitrogen and oxygen atoms in total. The highest BCUT2D eigenvalue weighted by atomic mass is 16.5. The van der Waals surface area contributed by atoms with Gasteiger partial charge in [0, 0.05) is 49.9 Å². The number of hydrogen-bond acceptors (Lipinski definition) is 6. The molecule has 3 heterocycles. The van der Waals surface area contributed by atoms with Crippen molar-refractivity contribution < 1.29 is 4.74 Å². The van der Waals surface area contributed by atoms with Crippen molar-refractivity contribution in [3.8, 4) is 0 Å². The molecule has 0 radical (unpaired) electrons. The van der Waals surface area contributed by atoms with Gasteiger partial charge in [-0.25, -0.2) is 9.97 Å². The molecule has 146 valence electrons. The SMILES string of the molecule is CN(Cc1cnc(NCC2CCCO2)nc1)Cc1n[nH]c2c1CCCCC2. The maximum atomic E-state index is 5.62. The van der Waals surface area contributed by atoms with Crippen LogP contribution in [0.1, 0.15) is 54.6 Å². The van der Waals surface area contributed by atoms with Crippen molar-refractivity contribution in [2.24, 2.45) is 0 Å². The number of H-pyrrole nitrogens is 1. The minimum atomic E-state index is 0.295. The van der Waals surface area contributed by atoms with E-state index in [2.05, 4.69) is 37.4 Å². The Morgan fingerprint density at radius 2 is 2.00 bits per heavy atom. The lowest BCUT2D eigenvalue weighted by molar-refractivity contribution is 0.120. The van der Waals surface area contributed by atoms with E-state index in [1.807, 2.05) is 12.4 Å². The summed E-state index contributed by atoms with van der Waals surface area (Å²) in [6.07, 6.45) is 12.5. The third-order valence-corrected chi connectivity index (χ3v) is 5.48. The van der Waals surface area contributed by atoms with E-state index in [-0.39, 0.29) is 0 Å². The zero-order valence-electron chi connectivity index (χ0n) is 16.2. The summed E-state index contributed by atoms with van der Waals surface area (Å²) >= 11 is 0. The van der Waals surface area contributed by atoms with Crippen LogP contribution in [0.5, 0.6) is 0 Å². The van der Waals surface area contributed by atoms with Gasteiger partial charge in [0.1, 0.15) is 0 Å². The minimum Gasteiger partial charge on any atom is -0.376 e. The number of nitrogens with zero attached hydrogens (tertiary/aromatic N) is 4. The Balaban J connectivity index is 1.29. The van der Waals surface area contributed by atoms with Gasteiger partial charge in [0.05, 0.1) is 11.8 Å². The number of hydrogen-bond donors (Lipinski definition) is 2. The fourth-order valence-electron chi connectivity index (χ4n) is 4.02. The largest absolute Gasteiger partial charge is 0.376 e. The van der Waals surface area contributed by atoms with Crippen LogP contribution in [0.15, 0.2) is 12.4 Å². The molecule has 1 unspecified atom stereocenters. The number of fused-ring (bicyclic) bond motifs is 1. The number of aromatic amines is 1. The summed E-state index contributed by atoms with van der Waals surface area (Å²) in [6, 6.07) is 0. The van der Waals surface area contributed by atoms with Crippen LogP contribution in [-0.2, 0) is 30.7 Å². The molecule has 27 heavy (non-hydrogen) atoms. The Hall–Kier alpha value is -1.99. The molecule has 7 heteroatoms. The van der Waals surface area contributed by atoms with Gasteiger partial charge in [-0.15, -0.1) is 0 Å². The van der Waals surface area contributed by atoms with E-state index in [4.69, 9.17) is 4.74 Å². The van der Waals surface area contributed by atoms with Gasteiger partial charge >= 0.3 is 0 Å². The molecule has 1 fully saturated rings. The van der Waals surface area contributed by atoms with Crippen molar-refractivity contribution in [1.29, 1.82) is 0 Å². The Labute approximate surface area is 160 Å². The maximum Gasteiger partial charge on any atom is 0.222 e. The fourth-order valence-corrected chi connectivity index (χ4v) is 4.02. The molecule has 0 spiro atoms. The number of aromatic nitrogens is 4. The normalized spacial score (nSPS) is 19.9. The smallest absolute Gasteiger partial charge is 0.222 e. The van der Waals surface area contributed by atoms with Crippen molar-refractivity contribution in [1.82, 2.24) is 25.1 Å². The highest BCUT2D eigenvalue weighted by Gasteiger charge is 2.17. The number of nitrogens with one attached hydrogen (secondary N) is 2. The number of anilines is 1. The maximum absolute atomic E-state index is 5.62. The van der Waals surface area contributed by atoms with Crippen LogP contribution >= 0.6 is 0 Å². The Kier molecular flexibility index (Phi) is 5.99. The number of rotatable bonds is 7. The van der Waals surface area contributed by atoms with Crippen molar-refractivity contribution in [2.75, 3.05) is 25.5 Å². The lowest BCUT2D eigenvalue weighted by Crippen LogP contribution is -2.20. The van der Waals surface area contributed by atoms with Crippen LogP contribution in [0.4, 0.5) is 5.95 Å². The van der Waals surface area contributed by atoms with Crippen LogP contribution in [-0.4, -0.2) is 51.4 Å². The molecule has 2 aromatic heterocycles. The quantitative estimate of drug-likeness (QED) is 0.730. The van der Waals surface area contributed by atoms with Gasteiger partial charge < -0.3 is 10.1 Å². The molecule has 1 aliphatic heterocycles. The molecule has 1 atom stereocenters. The van der Waals surface area contributed by atoms with Gasteiger partial charge in [0.25, 0.3) is 0 Å². The molecule has 0 amide bonds. The van der Waals surface area contributed by atoms with Crippen molar-refractivity contribution >= 4 is 5.95 Å². The third kappa shape index (κ3) is 4.84. The van der Waals surface area contributed by atoms with Crippen molar-refractivity contribution in [3.05, 3.63) is 34.9 Å². The van der Waals surface area contributed by atoms with E-state index in [1.165, 1.54) is 36.2 Å². The summed E-state index contributed by atoms with van der Waals surface area (Å²) in [5.74, 6) is 0.675. The molecule has 1 saturated heterocycles. The molecule has 2 aliphatic rings. The van der Waals surface area contributed by atoms with Crippen LogP contribution in [0, 0.1) is 0 Å². The third-order valence-electron chi connectivity index (χ3n) is 5.48. The van der Waals surface area contributed by atoms with Gasteiger partial charge in [-0.1, -0.05) is 6.42 Å². The second-order valence-electron chi connectivity index (χ2n) is 7.79. The van der Waals surface area contributed by atoms with E-state index >= 15 is 0 Å². The first-order chi connectivity index (χ1) is 13.3. The van der Waals surface area contributed by atoms with Crippen molar-refractivity contribution in [2.45, 2.75) is 64.1 Å². The molecule has 4 rings (SSSR count). The minimum absolute atomic E-state index is 0.295. The highest BCUT2D eigenvalue weighted by molar-refractivity contribution is 5.27. The molecule has 2 aromatic rings.